The van der Waals surface area contributed by atoms with E-state index in [4.69, 9.17) is 11.6 Å². The Morgan fingerprint density at radius 3 is 2.47 bits per heavy atom. The van der Waals surface area contributed by atoms with Crippen molar-refractivity contribution in [3.05, 3.63) is 59.3 Å². The van der Waals surface area contributed by atoms with Crippen molar-refractivity contribution in [3.8, 4) is 0 Å². The Hall–Kier alpha value is -1.54. The van der Waals surface area contributed by atoms with Crippen LogP contribution < -0.4 is 5.32 Å². The van der Waals surface area contributed by atoms with Gasteiger partial charge in [0.2, 0.25) is 0 Å². The van der Waals surface area contributed by atoms with Crippen LogP contribution >= 0.6 is 11.6 Å². The highest BCUT2D eigenvalue weighted by molar-refractivity contribution is 6.17. The summed E-state index contributed by atoms with van der Waals surface area (Å²) in [5.41, 5.74) is 3.58. The summed E-state index contributed by atoms with van der Waals surface area (Å²) in [5, 5.41) is 3.30. The molecule has 1 N–H and O–H groups in total. The molecule has 17 heavy (non-hydrogen) atoms. The van der Waals surface area contributed by atoms with Crippen LogP contribution in [-0.2, 0) is 12.4 Å². The van der Waals surface area contributed by atoms with E-state index >= 15 is 0 Å². The average molecular weight is 247 g/mol. The van der Waals surface area contributed by atoms with E-state index in [0.717, 1.165) is 17.9 Å². The number of rotatable bonds is 4. The highest BCUT2D eigenvalue weighted by atomic mass is 35.5. The van der Waals surface area contributed by atoms with Crippen molar-refractivity contribution in [2.24, 2.45) is 0 Å². The third-order valence-electron chi connectivity index (χ3n) is 2.57. The molecular weight excluding hydrogens is 232 g/mol. The lowest BCUT2D eigenvalue weighted by molar-refractivity contribution is 1.10. The molecule has 1 aromatic carbocycles. The number of benzene rings is 1. The summed E-state index contributed by atoms with van der Waals surface area (Å²) in [6.45, 7) is 2.83. The first kappa shape index (κ1) is 11.9. The second-order valence-electron chi connectivity index (χ2n) is 4.02. The molecule has 0 unspecified atom stereocenters. The smallest absolute Gasteiger partial charge is 0.126 e. The average Bonchev–Trinajstić information content (AvgIpc) is 2.37. The van der Waals surface area contributed by atoms with Gasteiger partial charge in [-0.15, -0.1) is 11.6 Å². The minimum absolute atomic E-state index is 0.563. The molecule has 0 radical (unpaired) electrons. The Morgan fingerprint density at radius 1 is 1.12 bits per heavy atom. The van der Waals surface area contributed by atoms with Gasteiger partial charge >= 0.3 is 0 Å². The fourth-order valence-corrected chi connectivity index (χ4v) is 1.75. The predicted octanol–water partition coefficient (Wildman–Crippen LogP) is 3.74. The highest BCUT2D eigenvalue weighted by Gasteiger charge is 1.96. The molecule has 0 atom stereocenters. The molecule has 0 aliphatic heterocycles. The number of nitrogens with one attached hydrogen (secondary N) is 1. The third-order valence-corrected chi connectivity index (χ3v) is 2.87. The van der Waals surface area contributed by atoms with Gasteiger partial charge in [-0.05, 0) is 35.7 Å². The number of alkyl halides is 1. The minimum Gasteiger partial charge on any atom is -0.366 e. The van der Waals surface area contributed by atoms with Crippen molar-refractivity contribution in [1.29, 1.82) is 0 Å². The first-order valence-corrected chi connectivity index (χ1v) is 6.11. The van der Waals surface area contributed by atoms with Gasteiger partial charge < -0.3 is 5.32 Å². The maximum atomic E-state index is 5.74. The molecule has 1 heterocycles. The lowest BCUT2D eigenvalue weighted by Gasteiger charge is -2.06. The van der Waals surface area contributed by atoms with E-state index in [1.165, 1.54) is 11.1 Å². The summed E-state index contributed by atoms with van der Waals surface area (Å²) in [4.78, 5) is 4.26. The Morgan fingerprint density at radius 2 is 1.82 bits per heavy atom. The molecule has 3 heteroatoms. The van der Waals surface area contributed by atoms with E-state index in [2.05, 4.69) is 29.4 Å². The first-order chi connectivity index (χ1) is 8.28. The number of aryl methyl sites for hydroxylation is 1. The summed E-state index contributed by atoms with van der Waals surface area (Å²) >= 11 is 5.74. The Bertz CT molecular complexity index is 480. The van der Waals surface area contributed by atoms with Crippen molar-refractivity contribution >= 4 is 17.4 Å². The number of nitrogens with zero attached hydrogens (tertiary/aromatic N) is 1. The van der Waals surface area contributed by atoms with E-state index in [-0.39, 0.29) is 0 Å². The number of pyridine rings is 1. The lowest BCUT2D eigenvalue weighted by atomic mass is 10.1. The molecule has 0 aliphatic carbocycles. The third kappa shape index (κ3) is 3.46. The fourth-order valence-electron chi connectivity index (χ4n) is 1.57. The van der Waals surface area contributed by atoms with Gasteiger partial charge in [0.25, 0.3) is 0 Å². The molecule has 88 valence electrons. The molecule has 1 aromatic heterocycles. The van der Waals surface area contributed by atoms with Crippen LogP contribution in [0.5, 0.6) is 0 Å². The van der Waals surface area contributed by atoms with Crippen LogP contribution in [0, 0.1) is 6.92 Å². The Labute approximate surface area is 107 Å². The number of halogens is 1. The number of hydrogen-bond donors (Lipinski definition) is 1. The monoisotopic (exact) mass is 246 g/mol. The van der Waals surface area contributed by atoms with Crippen LogP contribution in [0.2, 0.25) is 0 Å². The normalized spacial score (nSPS) is 10.2. The van der Waals surface area contributed by atoms with Crippen LogP contribution in [0.15, 0.2) is 42.6 Å². The van der Waals surface area contributed by atoms with Crippen molar-refractivity contribution in [3.63, 3.8) is 0 Å². The van der Waals surface area contributed by atoms with Crippen LogP contribution in [0.1, 0.15) is 16.7 Å². The minimum atomic E-state index is 0.563. The second-order valence-corrected chi connectivity index (χ2v) is 4.29. The summed E-state index contributed by atoms with van der Waals surface area (Å²) in [6.07, 6.45) is 1.81. The zero-order chi connectivity index (χ0) is 12.1. The van der Waals surface area contributed by atoms with Gasteiger partial charge in [-0.25, -0.2) is 4.98 Å². The zero-order valence-electron chi connectivity index (χ0n) is 9.78. The lowest BCUT2D eigenvalue weighted by Crippen LogP contribution is -2.01. The zero-order valence-corrected chi connectivity index (χ0v) is 10.5. The first-order valence-electron chi connectivity index (χ1n) is 5.58. The van der Waals surface area contributed by atoms with E-state index in [1.807, 2.05) is 30.5 Å². The highest BCUT2D eigenvalue weighted by Crippen LogP contribution is 2.10. The quantitative estimate of drug-likeness (QED) is 0.832. The van der Waals surface area contributed by atoms with Crippen LogP contribution in [0.25, 0.3) is 0 Å². The number of hydrogen-bond acceptors (Lipinski definition) is 2. The second kappa shape index (κ2) is 5.69. The van der Waals surface area contributed by atoms with E-state index in [9.17, 15) is 0 Å². The van der Waals surface area contributed by atoms with E-state index in [1.54, 1.807) is 0 Å². The van der Waals surface area contributed by atoms with Gasteiger partial charge in [0.15, 0.2) is 0 Å². The van der Waals surface area contributed by atoms with Gasteiger partial charge in [-0.3, -0.25) is 0 Å². The standard InChI is InChI=1S/C14H15ClN2/c1-11-6-7-16-14(8-11)17-10-13-4-2-12(9-15)3-5-13/h2-8H,9-10H2,1H3,(H,16,17). The molecule has 0 amide bonds. The van der Waals surface area contributed by atoms with E-state index in [0.29, 0.717) is 5.88 Å². The summed E-state index contributed by atoms with van der Waals surface area (Å²) in [6, 6.07) is 12.3. The van der Waals surface area contributed by atoms with Crippen LogP contribution in [0.4, 0.5) is 5.82 Å². The van der Waals surface area contributed by atoms with Gasteiger partial charge in [-0.2, -0.15) is 0 Å². The van der Waals surface area contributed by atoms with Gasteiger partial charge in [0.05, 0.1) is 0 Å². The van der Waals surface area contributed by atoms with Crippen LogP contribution in [0.3, 0.4) is 0 Å². The summed E-state index contributed by atoms with van der Waals surface area (Å²) in [7, 11) is 0. The van der Waals surface area contributed by atoms with Crippen molar-refractivity contribution < 1.29 is 0 Å². The van der Waals surface area contributed by atoms with Crippen molar-refractivity contribution in [1.82, 2.24) is 4.98 Å². The van der Waals surface area contributed by atoms with Gasteiger partial charge in [0, 0.05) is 18.6 Å². The van der Waals surface area contributed by atoms with E-state index < -0.39 is 0 Å². The molecule has 0 saturated carbocycles. The molecule has 2 aromatic rings. The fraction of sp³-hybridized carbons (Fsp3) is 0.214. The maximum absolute atomic E-state index is 5.74. The molecular formula is C14H15ClN2. The molecule has 2 rings (SSSR count). The van der Waals surface area contributed by atoms with Gasteiger partial charge in [0.1, 0.15) is 5.82 Å². The van der Waals surface area contributed by atoms with Gasteiger partial charge in [-0.1, -0.05) is 24.3 Å². The SMILES string of the molecule is Cc1ccnc(NCc2ccc(CCl)cc2)c1. The molecule has 0 spiro atoms. The largest absolute Gasteiger partial charge is 0.366 e. The predicted molar refractivity (Wildman–Crippen MR) is 72.3 cm³/mol. The molecule has 0 fully saturated rings. The van der Waals surface area contributed by atoms with Crippen molar-refractivity contribution in [2.45, 2.75) is 19.3 Å². The molecule has 2 nitrogen and oxygen atoms in total. The molecule has 0 aliphatic rings. The number of aromatic nitrogens is 1. The van der Waals surface area contributed by atoms with Crippen molar-refractivity contribution in [2.75, 3.05) is 5.32 Å². The summed E-state index contributed by atoms with van der Waals surface area (Å²) < 4.78 is 0. The molecule has 0 bridgehead atoms. The Kier molecular flexibility index (Phi) is 3.99. The Balaban J connectivity index is 1.97. The molecule has 0 saturated heterocycles. The number of anilines is 1. The van der Waals surface area contributed by atoms with Crippen LogP contribution in [-0.4, -0.2) is 4.98 Å². The maximum Gasteiger partial charge on any atom is 0.126 e. The topological polar surface area (TPSA) is 24.9 Å². The summed E-state index contributed by atoms with van der Waals surface area (Å²) in [5.74, 6) is 1.47.